The molecule has 0 aliphatic rings. The lowest BCUT2D eigenvalue weighted by Crippen LogP contribution is -2.32. The van der Waals surface area contributed by atoms with Crippen molar-refractivity contribution in [2.45, 2.75) is 17.4 Å². The van der Waals surface area contributed by atoms with Crippen LogP contribution in [0, 0.1) is 0 Å². The fourth-order valence-electron chi connectivity index (χ4n) is 1.13. The Bertz CT molecular complexity index is 483. The summed E-state index contributed by atoms with van der Waals surface area (Å²) in [5.74, 6) is -1.15. The predicted octanol–water partition coefficient (Wildman–Crippen LogP) is 0.299. The lowest BCUT2D eigenvalue weighted by Gasteiger charge is -2.06. The van der Waals surface area contributed by atoms with E-state index in [-0.39, 0.29) is 6.42 Å². The van der Waals surface area contributed by atoms with E-state index in [9.17, 15) is 17.1 Å². The molecule has 1 rings (SSSR count). The monoisotopic (exact) mass is 247 g/mol. The molecule has 0 spiro atoms. The van der Waals surface area contributed by atoms with Crippen LogP contribution in [0.1, 0.15) is 5.56 Å². The second-order valence-corrected chi connectivity index (χ2v) is 4.58. The van der Waals surface area contributed by atoms with E-state index < -0.39 is 27.1 Å². The molecule has 0 saturated heterocycles. The first kappa shape index (κ1) is 12.6. The van der Waals surface area contributed by atoms with Gasteiger partial charge in [0.25, 0.3) is 0 Å². The zero-order valence-corrected chi connectivity index (χ0v) is 8.95. The van der Waals surface area contributed by atoms with Crippen molar-refractivity contribution in [3.63, 3.8) is 0 Å². The molecule has 1 aromatic rings. The van der Waals surface area contributed by atoms with Crippen LogP contribution in [-0.2, 0) is 21.4 Å². The number of benzene rings is 1. The lowest BCUT2D eigenvalue weighted by molar-refractivity contribution is -0.138. The van der Waals surface area contributed by atoms with Gasteiger partial charge in [-0.1, -0.05) is 12.1 Å². The maximum atomic E-state index is 12.5. The highest BCUT2D eigenvalue weighted by molar-refractivity contribution is 7.86. The zero-order chi connectivity index (χ0) is 12.3. The summed E-state index contributed by atoms with van der Waals surface area (Å²) in [4.78, 5) is 9.99. The minimum absolute atomic E-state index is 0.0575. The summed E-state index contributed by atoms with van der Waals surface area (Å²) in [6, 6.07) is 3.73. The molecular weight excluding hydrogens is 237 g/mol. The molecule has 0 radical (unpaired) electrons. The molecule has 0 unspecified atom stereocenters. The van der Waals surface area contributed by atoms with Gasteiger partial charge in [0.05, 0.1) is 4.90 Å². The van der Waals surface area contributed by atoms with Crippen LogP contribution in [-0.4, -0.2) is 25.5 Å². The lowest BCUT2D eigenvalue weighted by atomic mass is 10.1. The summed E-state index contributed by atoms with van der Waals surface area (Å²) in [6.45, 7) is 0. The number of aliphatic carboxylic acids is 1. The second kappa shape index (κ2) is 4.58. The van der Waals surface area contributed by atoms with Crippen LogP contribution in [0.25, 0.3) is 0 Å². The quantitative estimate of drug-likeness (QED) is 0.746. The molecule has 0 heterocycles. The van der Waals surface area contributed by atoms with Gasteiger partial charge in [0.2, 0.25) is 0 Å². The van der Waals surface area contributed by atoms with Crippen molar-refractivity contribution >= 4 is 16.2 Å². The third kappa shape index (κ3) is 3.28. The summed E-state index contributed by atoms with van der Waals surface area (Å²) in [6.07, 6.45) is 0.0575. The largest absolute Gasteiger partial charge is 0.480 e. The number of nitrogens with two attached hydrogens (primary N) is 1. The van der Waals surface area contributed by atoms with Crippen LogP contribution >= 0.6 is 0 Å². The first-order chi connectivity index (χ1) is 7.30. The van der Waals surface area contributed by atoms with Crippen molar-refractivity contribution < 1.29 is 22.2 Å². The summed E-state index contributed by atoms with van der Waals surface area (Å²) < 4.78 is 33.5. The normalized spacial score (nSPS) is 13.4. The van der Waals surface area contributed by atoms with Crippen molar-refractivity contribution in [3.05, 3.63) is 29.8 Å². The molecule has 0 amide bonds. The number of carboxylic acid groups (broad SMARTS) is 1. The van der Waals surface area contributed by atoms with E-state index in [2.05, 4.69) is 0 Å². The number of carboxylic acids is 1. The minimum Gasteiger partial charge on any atom is -0.480 e. The summed E-state index contributed by atoms with van der Waals surface area (Å²) in [5, 5.41) is 8.55. The smallest absolute Gasteiger partial charge is 0.332 e. The van der Waals surface area contributed by atoms with Crippen LogP contribution in [0.15, 0.2) is 29.2 Å². The number of hydrogen-bond acceptors (Lipinski definition) is 4. The van der Waals surface area contributed by atoms with E-state index in [1.54, 1.807) is 0 Å². The molecule has 0 aromatic heterocycles. The SMILES string of the molecule is N[C@@H](Cc1ccc(S(=O)(=O)F)cc1)C(=O)O. The van der Waals surface area contributed by atoms with E-state index in [1.165, 1.54) is 12.1 Å². The van der Waals surface area contributed by atoms with Crippen molar-refractivity contribution in [1.29, 1.82) is 0 Å². The first-order valence-electron chi connectivity index (χ1n) is 4.32. The van der Waals surface area contributed by atoms with Gasteiger partial charge in [-0.2, -0.15) is 8.42 Å². The van der Waals surface area contributed by atoms with Crippen molar-refractivity contribution in [1.82, 2.24) is 0 Å². The van der Waals surface area contributed by atoms with Gasteiger partial charge in [-0.15, -0.1) is 3.89 Å². The van der Waals surface area contributed by atoms with Crippen molar-refractivity contribution in [3.8, 4) is 0 Å². The molecule has 7 heteroatoms. The Balaban J connectivity index is 2.84. The van der Waals surface area contributed by atoms with E-state index in [4.69, 9.17) is 10.8 Å². The standard InChI is InChI=1S/C9H10FNO4S/c10-16(14,15)7-3-1-6(2-4-7)5-8(11)9(12)13/h1-4,8H,5,11H2,(H,12,13)/t8-/m0/s1. The Morgan fingerprint density at radius 3 is 2.25 bits per heavy atom. The van der Waals surface area contributed by atoms with Crippen molar-refractivity contribution in [2.75, 3.05) is 0 Å². The van der Waals surface area contributed by atoms with Crippen molar-refractivity contribution in [2.24, 2.45) is 5.73 Å². The van der Waals surface area contributed by atoms with E-state index in [0.29, 0.717) is 5.56 Å². The van der Waals surface area contributed by atoms with Crippen LogP contribution < -0.4 is 5.73 Å². The zero-order valence-electron chi connectivity index (χ0n) is 8.13. The molecule has 5 nitrogen and oxygen atoms in total. The van der Waals surface area contributed by atoms with Gasteiger partial charge in [-0.25, -0.2) is 0 Å². The molecule has 0 bridgehead atoms. The topological polar surface area (TPSA) is 97.5 Å². The molecule has 1 aromatic carbocycles. The number of rotatable bonds is 4. The van der Waals surface area contributed by atoms with Gasteiger partial charge < -0.3 is 10.8 Å². The van der Waals surface area contributed by atoms with Crippen LogP contribution in [0.5, 0.6) is 0 Å². The Morgan fingerprint density at radius 2 is 1.88 bits per heavy atom. The van der Waals surface area contributed by atoms with Gasteiger partial charge in [0, 0.05) is 0 Å². The molecule has 0 aliphatic heterocycles. The molecule has 0 fully saturated rings. The van der Waals surface area contributed by atoms with Gasteiger partial charge in [-0.05, 0) is 24.1 Å². The highest BCUT2D eigenvalue weighted by atomic mass is 32.3. The van der Waals surface area contributed by atoms with Gasteiger partial charge >= 0.3 is 16.2 Å². The molecular formula is C9H10FNO4S. The summed E-state index contributed by atoms with van der Waals surface area (Å²) >= 11 is 0. The fraction of sp³-hybridized carbons (Fsp3) is 0.222. The Labute approximate surface area is 91.9 Å². The Hall–Kier alpha value is -1.47. The van der Waals surface area contributed by atoms with E-state index >= 15 is 0 Å². The Morgan fingerprint density at radius 1 is 1.38 bits per heavy atom. The van der Waals surface area contributed by atoms with Crippen LogP contribution in [0.3, 0.4) is 0 Å². The predicted molar refractivity (Wildman–Crippen MR) is 54.1 cm³/mol. The number of carbonyl (C=O) groups is 1. The number of hydrogen-bond donors (Lipinski definition) is 2. The average molecular weight is 247 g/mol. The van der Waals surface area contributed by atoms with Crippen LogP contribution in [0.2, 0.25) is 0 Å². The van der Waals surface area contributed by atoms with Gasteiger partial charge in [0.15, 0.2) is 0 Å². The third-order valence-electron chi connectivity index (χ3n) is 1.98. The molecule has 88 valence electrons. The Kier molecular flexibility index (Phi) is 3.61. The highest BCUT2D eigenvalue weighted by Crippen LogP contribution is 2.13. The maximum absolute atomic E-state index is 12.5. The van der Waals surface area contributed by atoms with Gasteiger partial charge in [-0.3, -0.25) is 4.79 Å². The molecule has 1 atom stereocenters. The number of halogens is 1. The molecule has 16 heavy (non-hydrogen) atoms. The maximum Gasteiger partial charge on any atom is 0.332 e. The first-order valence-corrected chi connectivity index (χ1v) is 5.71. The fourth-order valence-corrected chi connectivity index (χ4v) is 1.59. The minimum atomic E-state index is -4.71. The van der Waals surface area contributed by atoms with Crippen LogP contribution in [0.4, 0.5) is 3.89 Å². The third-order valence-corrected chi connectivity index (χ3v) is 2.81. The van der Waals surface area contributed by atoms with E-state index in [1.807, 2.05) is 0 Å². The van der Waals surface area contributed by atoms with E-state index in [0.717, 1.165) is 12.1 Å². The summed E-state index contributed by atoms with van der Waals surface area (Å²) in [7, 11) is -4.71. The van der Waals surface area contributed by atoms with Gasteiger partial charge in [0.1, 0.15) is 6.04 Å². The highest BCUT2D eigenvalue weighted by Gasteiger charge is 2.14. The molecule has 3 N–H and O–H groups in total. The summed E-state index contributed by atoms with van der Waals surface area (Å²) in [5.41, 5.74) is 5.81. The molecule has 0 saturated carbocycles. The second-order valence-electron chi connectivity index (χ2n) is 3.23. The molecule has 0 aliphatic carbocycles. The average Bonchev–Trinajstić information content (AvgIpc) is 2.17.